The molecule has 1 aromatic heterocycles. The molecule has 4 rings (SSSR count). The van der Waals surface area contributed by atoms with Crippen molar-refractivity contribution in [3.05, 3.63) is 57.8 Å². The van der Waals surface area contributed by atoms with Crippen molar-refractivity contribution in [2.24, 2.45) is 0 Å². The first-order chi connectivity index (χ1) is 13.5. The van der Waals surface area contributed by atoms with E-state index in [1.165, 1.54) is 28.0 Å². The number of hydrogen-bond donors (Lipinski definition) is 1. The number of thioether (sulfide) groups is 1. The third-order valence-corrected chi connectivity index (χ3v) is 6.85. The molecule has 0 spiro atoms. The van der Waals surface area contributed by atoms with Gasteiger partial charge in [-0.05, 0) is 34.5 Å². The highest BCUT2D eigenvalue weighted by molar-refractivity contribution is 7.99. The van der Waals surface area contributed by atoms with E-state index in [0.29, 0.717) is 0 Å². The van der Waals surface area contributed by atoms with Crippen LogP contribution in [-0.4, -0.2) is 63.5 Å². The van der Waals surface area contributed by atoms with Crippen LogP contribution in [0, 0.1) is 0 Å². The maximum absolute atomic E-state index is 13.1. The van der Waals surface area contributed by atoms with Crippen LogP contribution in [0.1, 0.15) is 31.5 Å². The number of carboxylic acids is 1. The second-order valence-electron chi connectivity index (χ2n) is 6.53. The molecule has 0 aliphatic carbocycles. The van der Waals surface area contributed by atoms with Crippen LogP contribution in [0.4, 0.5) is 0 Å². The lowest BCUT2D eigenvalue weighted by molar-refractivity contribution is -0.145. The lowest BCUT2D eigenvalue weighted by Gasteiger charge is -2.27. The molecule has 3 heterocycles. The molecule has 0 bridgehead atoms. The van der Waals surface area contributed by atoms with E-state index in [0.717, 1.165) is 10.5 Å². The summed E-state index contributed by atoms with van der Waals surface area (Å²) in [7, 11) is 0. The maximum Gasteiger partial charge on any atom is 0.323 e. The summed E-state index contributed by atoms with van der Waals surface area (Å²) in [6.07, 6.45) is 0. The van der Waals surface area contributed by atoms with Gasteiger partial charge in [0.25, 0.3) is 11.8 Å². The SMILES string of the molecule is O=C(O)CN1CC(c2ccsc2)SC[C@H](N2C(=O)c3ccccc3C2=O)C1=O. The topological polar surface area (TPSA) is 95.0 Å². The van der Waals surface area contributed by atoms with Gasteiger partial charge < -0.3 is 10.0 Å². The first-order valence-electron chi connectivity index (χ1n) is 8.58. The van der Waals surface area contributed by atoms with Gasteiger partial charge in [-0.15, -0.1) is 11.8 Å². The van der Waals surface area contributed by atoms with Crippen molar-refractivity contribution in [1.29, 1.82) is 0 Å². The molecule has 1 unspecified atom stereocenters. The number of carbonyl (C=O) groups excluding carboxylic acids is 3. The fourth-order valence-electron chi connectivity index (χ4n) is 3.47. The number of amides is 3. The van der Waals surface area contributed by atoms with Crippen molar-refractivity contribution in [3.63, 3.8) is 0 Å². The molecule has 0 saturated carbocycles. The zero-order chi connectivity index (χ0) is 19.8. The summed E-state index contributed by atoms with van der Waals surface area (Å²) in [5.41, 5.74) is 1.55. The molecular weight excluding hydrogens is 400 g/mol. The number of imide groups is 1. The Kier molecular flexibility index (Phi) is 4.94. The molecule has 0 radical (unpaired) electrons. The molecule has 7 nitrogen and oxygen atoms in total. The summed E-state index contributed by atoms with van der Waals surface area (Å²) in [5.74, 6) is -2.44. The number of carbonyl (C=O) groups is 4. The molecular formula is C19H16N2O5S2. The van der Waals surface area contributed by atoms with Crippen LogP contribution in [-0.2, 0) is 9.59 Å². The molecule has 1 saturated heterocycles. The zero-order valence-electron chi connectivity index (χ0n) is 14.6. The molecule has 144 valence electrons. The molecule has 1 aromatic carbocycles. The van der Waals surface area contributed by atoms with E-state index in [4.69, 9.17) is 0 Å². The van der Waals surface area contributed by atoms with Crippen LogP contribution in [0.5, 0.6) is 0 Å². The number of fused-ring (bicyclic) bond motifs is 1. The summed E-state index contributed by atoms with van der Waals surface area (Å²) in [6, 6.07) is 7.37. The average molecular weight is 416 g/mol. The lowest BCUT2D eigenvalue weighted by atomic mass is 10.1. The Morgan fingerprint density at radius 1 is 1.11 bits per heavy atom. The predicted octanol–water partition coefficient (Wildman–Crippen LogP) is 2.11. The summed E-state index contributed by atoms with van der Waals surface area (Å²) < 4.78 is 0. The van der Waals surface area contributed by atoms with E-state index < -0.39 is 36.3 Å². The molecule has 2 atom stereocenters. The number of benzene rings is 1. The second-order valence-corrected chi connectivity index (χ2v) is 8.55. The Balaban J connectivity index is 1.67. The minimum absolute atomic E-state index is 0.116. The first kappa shape index (κ1) is 18.7. The smallest absolute Gasteiger partial charge is 0.323 e. The van der Waals surface area contributed by atoms with Crippen LogP contribution < -0.4 is 0 Å². The molecule has 3 amide bonds. The van der Waals surface area contributed by atoms with Crippen LogP contribution in [0.15, 0.2) is 41.1 Å². The van der Waals surface area contributed by atoms with Crippen molar-refractivity contribution in [2.75, 3.05) is 18.8 Å². The van der Waals surface area contributed by atoms with Crippen molar-refractivity contribution in [3.8, 4) is 0 Å². The molecule has 28 heavy (non-hydrogen) atoms. The monoisotopic (exact) mass is 416 g/mol. The Bertz CT molecular complexity index is 924. The van der Waals surface area contributed by atoms with Gasteiger partial charge in [-0.1, -0.05) is 12.1 Å². The summed E-state index contributed by atoms with van der Waals surface area (Å²) >= 11 is 2.98. The summed E-state index contributed by atoms with van der Waals surface area (Å²) in [6.45, 7) is -0.258. The van der Waals surface area contributed by atoms with Gasteiger partial charge in [0.15, 0.2) is 0 Å². The third-order valence-electron chi connectivity index (χ3n) is 4.82. The summed E-state index contributed by atoms with van der Waals surface area (Å²) in [5, 5.41) is 13.0. The van der Waals surface area contributed by atoms with Crippen LogP contribution in [0.25, 0.3) is 0 Å². The standard InChI is InChI=1S/C19H16N2O5S2/c22-16(23)8-20-7-15(11-5-6-27-9-11)28-10-14(19(20)26)21-17(24)12-3-1-2-4-13(12)18(21)25/h1-6,9,14-15H,7-8,10H2,(H,22,23)/t14-,15?/m0/s1. The number of carboxylic acid groups (broad SMARTS) is 1. The Morgan fingerprint density at radius 3 is 2.36 bits per heavy atom. The normalized spacial score (nSPS) is 22.4. The van der Waals surface area contributed by atoms with Gasteiger partial charge in [0.2, 0.25) is 5.91 Å². The largest absolute Gasteiger partial charge is 0.480 e. The maximum atomic E-state index is 13.1. The minimum Gasteiger partial charge on any atom is -0.480 e. The van der Waals surface area contributed by atoms with E-state index >= 15 is 0 Å². The highest BCUT2D eigenvalue weighted by Gasteiger charge is 2.45. The van der Waals surface area contributed by atoms with Gasteiger partial charge in [0.05, 0.1) is 11.1 Å². The van der Waals surface area contributed by atoms with E-state index in [9.17, 15) is 24.3 Å². The predicted molar refractivity (Wildman–Crippen MR) is 104 cm³/mol. The van der Waals surface area contributed by atoms with Crippen molar-refractivity contribution < 1.29 is 24.3 Å². The van der Waals surface area contributed by atoms with Crippen LogP contribution >= 0.6 is 23.1 Å². The molecule has 1 fully saturated rings. The first-order valence-corrected chi connectivity index (χ1v) is 10.6. The highest BCUT2D eigenvalue weighted by atomic mass is 32.2. The zero-order valence-corrected chi connectivity index (χ0v) is 16.2. The molecule has 2 aromatic rings. The van der Waals surface area contributed by atoms with Gasteiger partial charge in [-0.2, -0.15) is 11.3 Å². The van der Waals surface area contributed by atoms with Gasteiger partial charge in [-0.25, -0.2) is 0 Å². The summed E-state index contributed by atoms with van der Waals surface area (Å²) in [4.78, 5) is 52.3. The van der Waals surface area contributed by atoms with Crippen LogP contribution in [0.2, 0.25) is 0 Å². The second kappa shape index (κ2) is 7.40. The number of hydrogen-bond acceptors (Lipinski definition) is 6. The Morgan fingerprint density at radius 2 is 1.79 bits per heavy atom. The Hall–Kier alpha value is -2.65. The van der Waals surface area contributed by atoms with Crippen LogP contribution in [0.3, 0.4) is 0 Å². The van der Waals surface area contributed by atoms with Gasteiger partial charge in [-0.3, -0.25) is 24.1 Å². The number of nitrogens with zero attached hydrogens (tertiary/aromatic N) is 2. The molecule has 9 heteroatoms. The number of thiophene rings is 1. The van der Waals surface area contributed by atoms with E-state index in [1.807, 2.05) is 16.8 Å². The Labute approximate surface area is 168 Å². The fourth-order valence-corrected chi connectivity index (χ4v) is 5.60. The van der Waals surface area contributed by atoms with E-state index in [-0.39, 0.29) is 28.7 Å². The highest BCUT2D eigenvalue weighted by Crippen LogP contribution is 2.37. The van der Waals surface area contributed by atoms with Crippen molar-refractivity contribution >= 4 is 46.8 Å². The molecule has 2 aliphatic heterocycles. The van der Waals surface area contributed by atoms with Gasteiger partial charge in [0.1, 0.15) is 12.6 Å². The minimum atomic E-state index is -1.13. The molecule has 2 aliphatic rings. The van der Waals surface area contributed by atoms with Crippen molar-refractivity contribution in [2.45, 2.75) is 11.3 Å². The van der Waals surface area contributed by atoms with E-state index in [1.54, 1.807) is 24.3 Å². The quantitative estimate of drug-likeness (QED) is 0.767. The lowest BCUT2D eigenvalue weighted by Crippen LogP contribution is -2.52. The number of rotatable bonds is 4. The average Bonchev–Trinajstić information content (AvgIpc) is 3.25. The fraction of sp³-hybridized carbons (Fsp3) is 0.263. The van der Waals surface area contributed by atoms with Crippen molar-refractivity contribution in [1.82, 2.24) is 9.80 Å². The number of aliphatic carboxylic acids is 1. The molecule has 1 N–H and O–H groups in total. The van der Waals surface area contributed by atoms with Gasteiger partial charge in [0, 0.05) is 17.5 Å². The third kappa shape index (κ3) is 3.20. The van der Waals surface area contributed by atoms with E-state index in [2.05, 4.69) is 0 Å². The van der Waals surface area contributed by atoms with Gasteiger partial charge >= 0.3 is 5.97 Å².